The molecule has 2 rings (SSSR count). The van der Waals surface area contributed by atoms with Crippen LogP contribution in [0.1, 0.15) is 17.0 Å². The highest BCUT2D eigenvalue weighted by molar-refractivity contribution is 5.46. The quantitative estimate of drug-likeness (QED) is 0.666. The third-order valence-electron chi connectivity index (χ3n) is 2.56. The minimum absolute atomic E-state index is 0.0145. The van der Waals surface area contributed by atoms with Crippen LogP contribution in [0, 0.1) is 24.0 Å². The molecule has 0 atom stereocenters. The monoisotopic (exact) mass is 259 g/mol. The summed E-state index contributed by atoms with van der Waals surface area (Å²) in [5.41, 5.74) is 2.22. The van der Waals surface area contributed by atoms with E-state index in [4.69, 9.17) is 0 Å². The summed E-state index contributed by atoms with van der Waals surface area (Å²) in [6, 6.07) is 1.64. The second-order valence-electron chi connectivity index (χ2n) is 4.12. The Balaban J connectivity index is 2.06. The lowest BCUT2D eigenvalue weighted by Crippen LogP contribution is -2.05. The molecule has 0 bridgehead atoms. The van der Waals surface area contributed by atoms with Crippen LogP contribution in [0.15, 0.2) is 24.7 Å². The molecule has 0 spiro atoms. The molecular weight excluding hydrogens is 246 g/mol. The predicted molar refractivity (Wildman–Crippen MR) is 69.7 cm³/mol. The van der Waals surface area contributed by atoms with Gasteiger partial charge in [-0.05, 0) is 19.9 Å². The van der Waals surface area contributed by atoms with Crippen molar-refractivity contribution in [2.75, 3.05) is 5.32 Å². The van der Waals surface area contributed by atoms with Gasteiger partial charge in [-0.15, -0.1) is 0 Å². The first-order valence-electron chi connectivity index (χ1n) is 5.68. The van der Waals surface area contributed by atoms with E-state index in [1.54, 1.807) is 25.4 Å². The lowest BCUT2D eigenvalue weighted by Gasteiger charge is -2.06. The van der Waals surface area contributed by atoms with Crippen molar-refractivity contribution in [1.29, 1.82) is 0 Å². The first-order chi connectivity index (χ1) is 9.06. The molecule has 0 saturated heterocycles. The fourth-order valence-corrected chi connectivity index (χ4v) is 1.53. The van der Waals surface area contributed by atoms with Gasteiger partial charge in [-0.3, -0.25) is 20.1 Å². The van der Waals surface area contributed by atoms with Gasteiger partial charge in [-0.25, -0.2) is 4.98 Å². The zero-order valence-corrected chi connectivity index (χ0v) is 10.6. The smallest absolute Gasteiger partial charge is 0.290 e. The number of aromatic nitrogens is 3. The number of hydrogen-bond acceptors (Lipinski definition) is 6. The Bertz CT molecular complexity index is 598. The zero-order valence-electron chi connectivity index (χ0n) is 10.6. The Labute approximate surface area is 109 Å². The lowest BCUT2D eigenvalue weighted by molar-refractivity contribution is -0.385. The topological polar surface area (TPSA) is 93.8 Å². The summed E-state index contributed by atoms with van der Waals surface area (Å²) in [5, 5.41) is 13.7. The summed E-state index contributed by atoms with van der Waals surface area (Å²) < 4.78 is 0. The molecule has 0 amide bonds. The molecule has 19 heavy (non-hydrogen) atoms. The molecule has 1 N–H and O–H groups in total. The Morgan fingerprint density at radius 2 is 2.00 bits per heavy atom. The molecule has 0 radical (unpaired) electrons. The van der Waals surface area contributed by atoms with Crippen molar-refractivity contribution in [3.8, 4) is 0 Å². The number of anilines is 1. The Morgan fingerprint density at radius 1 is 1.21 bits per heavy atom. The highest BCUT2D eigenvalue weighted by Gasteiger charge is 2.11. The Kier molecular flexibility index (Phi) is 3.65. The van der Waals surface area contributed by atoms with Crippen LogP contribution in [0.25, 0.3) is 0 Å². The van der Waals surface area contributed by atoms with E-state index in [9.17, 15) is 10.1 Å². The van der Waals surface area contributed by atoms with Crippen molar-refractivity contribution in [3.63, 3.8) is 0 Å². The van der Waals surface area contributed by atoms with Crippen LogP contribution in [-0.2, 0) is 6.54 Å². The molecule has 2 aromatic rings. The molecule has 2 aromatic heterocycles. The van der Waals surface area contributed by atoms with Gasteiger partial charge in [-0.1, -0.05) is 0 Å². The van der Waals surface area contributed by atoms with Crippen LogP contribution in [0.5, 0.6) is 0 Å². The van der Waals surface area contributed by atoms with Crippen LogP contribution >= 0.6 is 0 Å². The van der Waals surface area contributed by atoms with Crippen molar-refractivity contribution in [3.05, 3.63) is 51.7 Å². The molecule has 0 aliphatic heterocycles. The maximum Gasteiger partial charge on any atom is 0.290 e. The fraction of sp³-hybridized carbons (Fsp3) is 0.250. The molecule has 0 unspecified atom stereocenters. The summed E-state index contributed by atoms with van der Waals surface area (Å²) in [6.07, 6.45) is 4.62. The molecule has 7 heteroatoms. The maximum atomic E-state index is 10.7. The lowest BCUT2D eigenvalue weighted by atomic mass is 10.2. The summed E-state index contributed by atoms with van der Waals surface area (Å²) in [5.74, 6) is 0.575. The molecule has 0 aliphatic rings. The molecule has 98 valence electrons. The highest BCUT2D eigenvalue weighted by atomic mass is 16.6. The Morgan fingerprint density at radius 3 is 2.58 bits per heavy atom. The van der Waals surface area contributed by atoms with Gasteiger partial charge in [0.25, 0.3) is 5.69 Å². The summed E-state index contributed by atoms with van der Waals surface area (Å²) in [6.45, 7) is 4.01. The summed E-state index contributed by atoms with van der Waals surface area (Å²) in [7, 11) is 0. The summed E-state index contributed by atoms with van der Waals surface area (Å²) >= 11 is 0. The molecule has 7 nitrogen and oxygen atoms in total. The van der Waals surface area contributed by atoms with Crippen LogP contribution < -0.4 is 5.32 Å². The average Bonchev–Trinajstić information content (AvgIpc) is 2.37. The standard InChI is InChI=1S/C12H13N5O2/c1-8-3-12(16-7-11(8)17(18)19)15-6-10-5-13-9(2)4-14-10/h3-5,7H,6H2,1-2H3,(H,15,16). The normalized spacial score (nSPS) is 10.2. The van der Waals surface area contributed by atoms with Crippen molar-refractivity contribution in [2.45, 2.75) is 20.4 Å². The second kappa shape index (κ2) is 5.38. The van der Waals surface area contributed by atoms with Gasteiger partial charge >= 0.3 is 0 Å². The highest BCUT2D eigenvalue weighted by Crippen LogP contribution is 2.18. The number of nitrogens with one attached hydrogen (secondary N) is 1. The van der Waals surface area contributed by atoms with Crippen molar-refractivity contribution < 1.29 is 4.92 Å². The molecule has 2 heterocycles. The molecule has 0 aromatic carbocycles. The van der Waals surface area contributed by atoms with Crippen LogP contribution in [0.4, 0.5) is 11.5 Å². The fourth-order valence-electron chi connectivity index (χ4n) is 1.53. The van der Waals surface area contributed by atoms with Crippen LogP contribution in [0.2, 0.25) is 0 Å². The SMILES string of the molecule is Cc1cnc(CNc2cc(C)c([N+](=O)[O-])cn2)cn1. The van der Waals surface area contributed by atoms with Gasteiger partial charge in [0, 0.05) is 11.8 Å². The minimum Gasteiger partial charge on any atom is -0.364 e. The van der Waals surface area contributed by atoms with Crippen LogP contribution in [0.3, 0.4) is 0 Å². The number of aryl methyl sites for hydroxylation is 2. The van der Waals surface area contributed by atoms with Crippen molar-refractivity contribution in [2.24, 2.45) is 0 Å². The van der Waals surface area contributed by atoms with E-state index in [1.165, 1.54) is 6.20 Å². The van der Waals surface area contributed by atoms with E-state index in [1.807, 2.05) is 6.92 Å². The van der Waals surface area contributed by atoms with Gasteiger partial charge in [0.1, 0.15) is 12.0 Å². The van der Waals surface area contributed by atoms with E-state index in [0.29, 0.717) is 17.9 Å². The van der Waals surface area contributed by atoms with E-state index in [2.05, 4.69) is 20.3 Å². The molecule has 0 fully saturated rings. The number of nitrogens with zero attached hydrogens (tertiary/aromatic N) is 4. The number of hydrogen-bond donors (Lipinski definition) is 1. The van der Waals surface area contributed by atoms with E-state index < -0.39 is 4.92 Å². The third-order valence-corrected chi connectivity index (χ3v) is 2.56. The first kappa shape index (κ1) is 12.9. The zero-order chi connectivity index (χ0) is 13.8. The van der Waals surface area contributed by atoms with Crippen LogP contribution in [-0.4, -0.2) is 19.9 Å². The van der Waals surface area contributed by atoms with Crippen molar-refractivity contribution >= 4 is 11.5 Å². The molecular formula is C12H13N5O2. The second-order valence-corrected chi connectivity index (χ2v) is 4.12. The average molecular weight is 259 g/mol. The van der Waals surface area contributed by atoms with E-state index >= 15 is 0 Å². The van der Waals surface area contributed by atoms with Gasteiger partial charge < -0.3 is 5.32 Å². The third kappa shape index (κ3) is 3.21. The predicted octanol–water partition coefficient (Wildman–Crippen LogP) is 2.01. The van der Waals surface area contributed by atoms with E-state index in [-0.39, 0.29) is 5.69 Å². The molecule has 0 aliphatic carbocycles. The maximum absolute atomic E-state index is 10.7. The van der Waals surface area contributed by atoms with E-state index in [0.717, 1.165) is 11.4 Å². The number of rotatable bonds is 4. The van der Waals surface area contributed by atoms with Gasteiger partial charge in [-0.2, -0.15) is 0 Å². The van der Waals surface area contributed by atoms with Gasteiger partial charge in [0.05, 0.1) is 29.1 Å². The number of pyridine rings is 1. The van der Waals surface area contributed by atoms with Gasteiger partial charge in [0.15, 0.2) is 0 Å². The number of nitro groups is 1. The van der Waals surface area contributed by atoms with Crippen molar-refractivity contribution in [1.82, 2.24) is 15.0 Å². The summed E-state index contributed by atoms with van der Waals surface area (Å²) in [4.78, 5) is 22.6. The minimum atomic E-state index is -0.447. The molecule has 0 saturated carbocycles. The van der Waals surface area contributed by atoms with Gasteiger partial charge in [0.2, 0.25) is 0 Å². The largest absolute Gasteiger partial charge is 0.364 e. The first-order valence-corrected chi connectivity index (χ1v) is 5.68. The Hall–Kier alpha value is -2.57.